The molecule has 0 bridgehead atoms. The average molecular weight is 363 g/mol. The molecule has 1 aromatic heterocycles. The van der Waals surface area contributed by atoms with Crippen molar-refractivity contribution in [2.75, 3.05) is 37.6 Å². The van der Waals surface area contributed by atoms with Crippen molar-refractivity contribution in [2.45, 2.75) is 25.5 Å². The lowest BCUT2D eigenvalue weighted by atomic mass is 10.1. The maximum Gasteiger partial charge on any atom is 0.239 e. The molecule has 0 radical (unpaired) electrons. The normalized spacial score (nSPS) is 23.9. The number of β-amino-alcohol motifs (C(OH)–C–C–N with tert-alkyl or cyclic N) is 1. The van der Waals surface area contributed by atoms with Gasteiger partial charge in [-0.1, -0.05) is 6.07 Å². The Morgan fingerprint density at radius 1 is 1.30 bits per heavy atom. The minimum atomic E-state index is -0.392. The van der Waals surface area contributed by atoms with E-state index in [-0.39, 0.29) is 36.8 Å². The van der Waals surface area contributed by atoms with Gasteiger partial charge in [0.05, 0.1) is 12.1 Å². The van der Waals surface area contributed by atoms with E-state index < -0.39 is 6.10 Å². The molecule has 8 heteroatoms. The molecule has 2 N–H and O–H groups in total. The molecule has 2 atom stereocenters. The lowest BCUT2D eigenvalue weighted by Crippen LogP contribution is -2.53. The zero-order valence-corrected chi connectivity index (χ0v) is 14.8. The summed E-state index contributed by atoms with van der Waals surface area (Å²) in [6.45, 7) is 5.61. The Bertz CT molecular complexity index is 524. The van der Waals surface area contributed by atoms with Crippen molar-refractivity contribution in [2.24, 2.45) is 0 Å². The summed E-state index contributed by atoms with van der Waals surface area (Å²) < 4.78 is 0. The number of amides is 1. The van der Waals surface area contributed by atoms with Crippen molar-refractivity contribution in [3.8, 4) is 0 Å². The molecule has 2 aliphatic rings. The summed E-state index contributed by atoms with van der Waals surface area (Å²) in [5, 5.41) is 12.6. The lowest BCUT2D eigenvalue weighted by Gasteiger charge is -2.37. The van der Waals surface area contributed by atoms with E-state index >= 15 is 0 Å². The summed E-state index contributed by atoms with van der Waals surface area (Å²) in [4.78, 5) is 20.9. The molecule has 3 heterocycles. The second kappa shape index (κ2) is 8.68. The molecular formula is C15H24Cl2N4O2. The van der Waals surface area contributed by atoms with Crippen LogP contribution in [0.1, 0.15) is 12.0 Å². The first-order valence-corrected chi connectivity index (χ1v) is 7.52. The van der Waals surface area contributed by atoms with Crippen molar-refractivity contribution >= 4 is 36.5 Å². The molecule has 6 nitrogen and oxygen atoms in total. The molecule has 0 spiro atoms. The van der Waals surface area contributed by atoms with E-state index in [0.717, 1.165) is 24.5 Å². The number of hydrogen-bond acceptors (Lipinski definition) is 5. The van der Waals surface area contributed by atoms with Crippen LogP contribution in [0.5, 0.6) is 0 Å². The third-order valence-corrected chi connectivity index (χ3v) is 4.28. The number of nitrogens with one attached hydrogen (secondary N) is 1. The van der Waals surface area contributed by atoms with Crippen molar-refractivity contribution in [3.63, 3.8) is 0 Å². The molecule has 2 fully saturated rings. The highest BCUT2D eigenvalue weighted by Gasteiger charge is 2.32. The Morgan fingerprint density at radius 3 is 2.57 bits per heavy atom. The van der Waals surface area contributed by atoms with Gasteiger partial charge < -0.3 is 20.2 Å². The first kappa shape index (κ1) is 20.0. The van der Waals surface area contributed by atoms with Gasteiger partial charge in [-0.3, -0.25) is 4.79 Å². The van der Waals surface area contributed by atoms with E-state index in [2.05, 4.69) is 28.2 Å². The second-order valence-corrected chi connectivity index (χ2v) is 5.81. The van der Waals surface area contributed by atoms with Crippen LogP contribution in [0.4, 0.5) is 5.82 Å². The fourth-order valence-electron chi connectivity index (χ4n) is 3.07. The van der Waals surface area contributed by atoms with Crippen LogP contribution in [0.25, 0.3) is 0 Å². The number of halogens is 2. The number of aliphatic hydroxyl groups excluding tert-OH is 1. The Morgan fingerprint density at radius 2 is 2.00 bits per heavy atom. The Hall–Kier alpha value is -1.08. The molecule has 23 heavy (non-hydrogen) atoms. The smallest absolute Gasteiger partial charge is 0.239 e. The van der Waals surface area contributed by atoms with Gasteiger partial charge in [0.15, 0.2) is 0 Å². The van der Waals surface area contributed by atoms with Crippen molar-refractivity contribution in [3.05, 3.63) is 23.9 Å². The number of hydrogen-bond donors (Lipinski definition) is 2. The summed E-state index contributed by atoms with van der Waals surface area (Å²) in [6, 6.07) is 3.78. The SMILES string of the molecule is Cc1cccnc1N1CCN(C(=O)[C@@H]2C[C@@H](O)CN2)CC1.Cl.Cl. The third-order valence-electron chi connectivity index (χ3n) is 4.28. The highest BCUT2D eigenvalue weighted by atomic mass is 35.5. The summed E-state index contributed by atoms with van der Waals surface area (Å²) in [7, 11) is 0. The number of anilines is 1. The Kier molecular flexibility index (Phi) is 7.54. The first-order chi connectivity index (χ1) is 10.1. The minimum absolute atomic E-state index is 0. The molecule has 0 saturated carbocycles. The number of pyridine rings is 1. The van der Waals surface area contributed by atoms with Crippen LogP contribution in [-0.4, -0.2) is 65.8 Å². The van der Waals surface area contributed by atoms with E-state index in [0.29, 0.717) is 26.1 Å². The molecule has 1 aromatic rings. The molecule has 130 valence electrons. The maximum absolute atomic E-state index is 12.4. The third kappa shape index (κ3) is 4.47. The van der Waals surface area contributed by atoms with Gasteiger partial charge in [0.25, 0.3) is 0 Å². The largest absolute Gasteiger partial charge is 0.392 e. The van der Waals surface area contributed by atoms with E-state index in [1.165, 1.54) is 0 Å². The number of rotatable bonds is 2. The van der Waals surface area contributed by atoms with Crippen LogP contribution >= 0.6 is 24.8 Å². The molecule has 3 rings (SSSR count). The van der Waals surface area contributed by atoms with Crippen LogP contribution in [0.3, 0.4) is 0 Å². The second-order valence-electron chi connectivity index (χ2n) is 5.81. The Labute approximate surface area is 149 Å². The van der Waals surface area contributed by atoms with E-state index in [4.69, 9.17) is 0 Å². The molecule has 2 saturated heterocycles. The molecule has 2 aliphatic heterocycles. The van der Waals surface area contributed by atoms with Crippen molar-refractivity contribution in [1.29, 1.82) is 0 Å². The summed E-state index contributed by atoms with van der Waals surface area (Å²) in [5.41, 5.74) is 1.16. The summed E-state index contributed by atoms with van der Waals surface area (Å²) in [5.74, 6) is 1.13. The van der Waals surface area contributed by atoms with Gasteiger partial charge in [0.1, 0.15) is 5.82 Å². The zero-order valence-electron chi connectivity index (χ0n) is 13.1. The minimum Gasteiger partial charge on any atom is -0.392 e. The quantitative estimate of drug-likeness (QED) is 0.806. The summed E-state index contributed by atoms with van der Waals surface area (Å²) >= 11 is 0. The predicted octanol–water partition coefficient (Wildman–Crippen LogP) is 0.605. The standard InChI is InChI=1S/C15H22N4O2.2ClH/c1-11-3-2-4-16-14(11)18-5-7-19(8-6-18)15(21)13-9-12(20)10-17-13;;/h2-4,12-13,17,20H,5-10H2,1H3;2*1H/t12-,13+;;/m1../s1. The lowest BCUT2D eigenvalue weighted by molar-refractivity contribution is -0.133. The van der Waals surface area contributed by atoms with E-state index in [9.17, 15) is 9.90 Å². The van der Waals surface area contributed by atoms with Gasteiger partial charge in [-0.2, -0.15) is 0 Å². The van der Waals surface area contributed by atoms with Gasteiger partial charge in [-0.05, 0) is 25.0 Å². The summed E-state index contributed by atoms with van der Waals surface area (Å²) in [6.07, 6.45) is 1.94. The number of nitrogens with zero attached hydrogens (tertiary/aromatic N) is 3. The topological polar surface area (TPSA) is 68.7 Å². The number of aryl methyl sites for hydroxylation is 1. The highest BCUT2D eigenvalue weighted by molar-refractivity contribution is 5.85. The van der Waals surface area contributed by atoms with Gasteiger partial charge in [0, 0.05) is 38.9 Å². The van der Waals surface area contributed by atoms with Crippen LogP contribution in [0.2, 0.25) is 0 Å². The monoisotopic (exact) mass is 362 g/mol. The predicted molar refractivity (Wildman–Crippen MR) is 94.7 cm³/mol. The molecular weight excluding hydrogens is 339 g/mol. The van der Waals surface area contributed by atoms with Crippen molar-refractivity contribution < 1.29 is 9.90 Å². The number of piperazine rings is 1. The van der Waals surface area contributed by atoms with Crippen LogP contribution in [0, 0.1) is 6.92 Å². The number of carbonyl (C=O) groups is 1. The highest BCUT2D eigenvalue weighted by Crippen LogP contribution is 2.18. The van der Waals surface area contributed by atoms with Crippen LogP contribution < -0.4 is 10.2 Å². The maximum atomic E-state index is 12.4. The Balaban J connectivity index is 0.00000132. The fourth-order valence-corrected chi connectivity index (χ4v) is 3.07. The fraction of sp³-hybridized carbons (Fsp3) is 0.600. The van der Waals surface area contributed by atoms with Gasteiger partial charge >= 0.3 is 0 Å². The van der Waals surface area contributed by atoms with Crippen LogP contribution in [-0.2, 0) is 4.79 Å². The zero-order chi connectivity index (χ0) is 14.8. The molecule has 0 aromatic carbocycles. The number of aromatic nitrogens is 1. The van der Waals surface area contributed by atoms with E-state index in [1.807, 2.05) is 17.2 Å². The van der Waals surface area contributed by atoms with Crippen molar-refractivity contribution in [1.82, 2.24) is 15.2 Å². The van der Waals surface area contributed by atoms with Crippen LogP contribution in [0.15, 0.2) is 18.3 Å². The van der Waals surface area contributed by atoms with Gasteiger partial charge in [0.2, 0.25) is 5.91 Å². The average Bonchev–Trinajstić information content (AvgIpc) is 2.94. The number of carbonyl (C=O) groups excluding carboxylic acids is 1. The molecule has 1 amide bonds. The molecule has 0 unspecified atom stereocenters. The van der Waals surface area contributed by atoms with Gasteiger partial charge in [-0.25, -0.2) is 4.98 Å². The molecule has 0 aliphatic carbocycles. The van der Waals surface area contributed by atoms with Gasteiger partial charge in [-0.15, -0.1) is 24.8 Å². The van der Waals surface area contributed by atoms with E-state index in [1.54, 1.807) is 0 Å². The number of aliphatic hydroxyl groups is 1. The first-order valence-electron chi connectivity index (χ1n) is 7.52.